The normalized spacial score (nSPS) is 12.0. The maximum absolute atomic E-state index is 13.1. The van der Waals surface area contributed by atoms with Crippen molar-refractivity contribution >= 4 is 10.5 Å². The zero-order chi connectivity index (χ0) is 16.6. The van der Waals surface area contributed by atoms with Gasteiger partial charge < -0.3 is 13.9 Å². The van der Waals surface area contributed by atoms with E-state index in [1.807, 2.05) is 13.8 Å². The molecule has 0 saturated carbocycles. The lowest BCUT2D eigenvalue weighted by atomic mass is 10.1. The van der Waals surface area contributed by atoms with Crippen molar-refractivity contribution < 1.29 is 27.1 Å². The van der Waals surface area contributed by atoms with Gasteiger partial charge in [0.2, 0.25) is 0 Å². The standard InChI is InChI=1S/C15H23F3O3Si/c1-3-19-15(21-22,20-4-2)8-6-5-7-11-9-12(16)14(18)13(17)10-11/h9-10H,3-8H2,1-2,22H3. The van der Waals surface area contributed by atoms with Crippen LogP contribution in [-0.2, 0) is 20.3 Å². The van der Waals surface area contributed by atoms with E-state index < -0.39 is 23.4 Å². The summed E-state index contributed by atoms with van der Waals surface area (Å²) in [4.78, 5) is 0. The van der Waals surface area contributed by atoms with Crippen LogP contribution < -0.4 is 0 Å². The van der Waals surface area contributed by atoms with Gasteiger partial charge in [-0.05, 0) is 50.8 Å². The second-order valence-electron chi connectivity index (χ2n) is 4.83. The lowest BCUT2D eigenvalue weighted by Gasteiger charge is -2.31. The molecule has 0 amide bonds. The number of benzene rings is 1. The monoisotopic (exact) mass is 336 g/mol. The first kappa shape index (κ1) is 19.2. The number of hydrogen-bond acceptors (Lipinski definition) is 3. The van der Waals surface area contributed by atoms with E-state index in [0.29, 0.717) is 54.9 Å². The van der Waals surface area contributed by atoms with E-state index in [0.717, 1.165) is 12.1 Å². The minimum atomic E-state index is -1.43. The number of halogens is 3. The Morgan fingerprint density at radius 3 is 2.00 bits per heavy atom. The smallest absolute Gasteiger partial charge is 0.272 e. The van der Waals surface area contributed by atoms with E-state index in [1.165, 1.54) is 0 Å². The van der Waals surface area contributed by atoms with Gasteiger partial charge in [0.05, 0.1) is 0 Å². The summed E-state index contributed by atoms with van der Waals surface area (Å²) in [6.07, 6.45) is 2.34. The summed E-state index contributed by atoms with van der Waals surface area (Å²) >= 11 is 0. The molecule has 0 aliphatic carbocycles. The summed E-state index contributed by atoms with van der Waals surface area (Å²) in [6.45, 7) is 4.66. The van der Waals surface area contributed by atoms with Gasteiger partial charge >= 0.3 is 0 Å². The van der Waals surface area contributed by atoms with Gasteiger partial charge in [0.1, 0.15) is 0 Å². The highest BCUT2D eigenvalue weighted by Crippen LogP contribution is 2.23. The van der Waals surface area contributed by atoms with Crippen molar-refractivity contribution in [3.63, 3.8) is 0 Å². The quantitative estimate of drug-likeness (QED) is 0.285. The molecule has 7 heteroatoms. The number of rotatable bonds is 10. The van der Waals surface area contributed by atoms with Crippen LogP contribution in [0.15, 0.2) is 12.1 Å². The predicted molar refractivity (Wildman–Crippen MR) is 80.9 cm³/mol. The highest BCUT2D eigenvalue weighted by Gasteiger charge is 2.30. The molecule has 0 N–H and O–H groups in total. The first-order valence-corrected chi connectivity index (χ1v) is 8.26. The van der Waals surface area contributed by atoms with Crippen molar-refractivity contribution in [2.24, 2.45) is 0 Å². The Hall–Kier alpha value is -0.893. The number of ether oxygens (including phenoxy) is 2. The summed E-state index contributed by atoms with van der Waals surface area (Å²) < 4.78 is 55.7. The van der Waals surface area contributed by atoms with E-state index in [2.05, 4.69) is 0 Å². The fraction of sp³-hybridized carbons (Fsp3) is 0.600. The van der Waals surface area contributed by atoms with E-state index >= 15 is 0 Å². The Labute approximate surface area is 132 Å². The first-order valence-electron chi connectivity index (χ1n) is 7.44. The third kappa shape index (κ3) is 5.39. The molecule has 1 aromatic rings. The SMILES string of the molecule is CCOC(CCCCc1cc(F)c(F)c(F)c1)(O[SiH3])OCC. The summed E-state index contributed by atoms with van der Waals surface area (Å²) in [5.74, 6) is -4.76. The highest BCUT2D eigenvalue weighted by molar-refractivity contribution is 5.98. The minimum absolute atomic E-state index is 0.432. The summed E-state index contributed by atoms with van der Waals surface area (Å²) in [5.41, 5.74) is 0.432. The van der Waals surface area contributed by atoms with Crippen molar-refractivity contribution in [2.75, 3.05) is 13.2 Å². The average molecular weight is 336 g/mol. The lowest BCUT2D eigenvalue weighted by molar-refractivity contribution is -0.344. The van der Waals surface area contributed by atoms with Crippen LogP contribution >= 0.6 is 0 Å². The molecule has 0 atom stereocenters. The van der Waals surface area contributed by atoms with Gasteiger partial charge in [-0.3, -0.25) is 0 Å². The van der Waals surface area contributed by atoms with Gasteiger partial charge in [0.15, 0.2) is 27.9 Å². The predicted octanol–water partition coefficient (Wildman–Crippen LogP) is 2.84. The number of hydrogen-bond donors (Lipinski definition) is 0. The Morgan fingerprint density at radius 2 is 1.55 bits per heavy atom. The number of unbranched alkanes of at least 4 members (excludes halogenated alkanes) is 1. The van der Waals surface area contributed by atoms with Crippen LogP contribution in [0.5, 0.6) is 0 Å². The molecule has 0 aromatic heterocycles. The molecule has 22 heavy (non-hydrogen) atoms. The van der Waals surface area contributed by atoms with Gasteiger partial charge in [-0.25, -0.2) is 13.2 Å². The van der Waals surface area contributed by atoms with E-state index in [-0.39, 0.29) is 0 Å². The van der Waals surface area contributed by atoms with Crippen LogP contribution in [0, 0.1) is 17.5 Å². The molecule has 1 rings (SSSR count). The molecule has 126 valence electrons. The molecular formula is C15H23F3O3Si. The fourth-order valence-corrected chi connectivity index (χ4v) is 2.71. The molecule has 0 spiro atoms. The van der Waals surface area contributed by atoms with E-state index in [9.17, 15) is 13.2 Å². The average Bonchev–Trinajstić information content (AvgIpc) is 2.49. The first-order chi connectivity index (χ1) is 10.5. The highest BCUT2D eigenvalue weighted by atomic mass is 28.2. The Kier molecular flexibility index (Phi) is 8.09. The molecular weight excluding hydrogens is 313 g/mol. The summed E-state index contributed by atoms with van der Waals surface area (Å²) in [7, 11) is 0.474. The van der Waals surface area contributed by atoms with Crippen LogP contribution in [0.25, 0.3) is 0 Å². The third-order valence-electron chi connectivity index (χ3n) is 3.28. The lowest BCUT2D eigenvalue weighted by Crippen LogP contribution is -2.38. The molecule has 0 radical (unpaired) electrons. The Morgan fingerprint density at radius 1 is 1.00 bits per heavy atom. The van der Waals surface area contributed by atoms with Crippen molar-refractivity contribution in [3.05, 3.63) is 35.1 Å². The molecule has 0 aliphatic rings. The van der Waals surface area contributed by atoms with Crippen LogP contribution in [0.2, 0.25) is 0 Å². The topological polar surface area (TPSA) is 27.7 Å². The van der Waals surface area contributed by atoms with Gasteiger partial charge in [-0.1, -0.05) is 0 Å². The minimum Gasteiger partial charge on any atom is -0.380 e. The van der Waals surface area contributed by atoms with Crippen LogP contribution in [-0.4, -0.2) is 29.7 Å². The molecule has 0 aliphatic heterocycles. The van der Waals surface area contributed by atoms with E-state index in [4.69, 9.17) is 13.9 Å². The second-order valence-corrected chi connectivity index (χ2v) is 5.24. The fourth-order valence-electron chi connectivity index (χ4n) is 2.27. The van der Waals surface area contributed by atoms with Gasteiger partial charge in [-0.15, -0.1) is 0 Å². The second kappa shape index (κ2) is 9.29. The largest absolute Gasteiger partial charge is 0.380 e. The maximum atomic E-state index is 13.1. The molecule has 0 fully saturated rings. The molecule has 3 nitrogen and oxygen atoms in total. The van der Waals surface area contributed by atoms with Crippen LogP contribution in [0.1, 0.15) is 38.7 Å². The van der Waals surface area contributed by atoms with Crippen LogP contribution in [0.3, 0.4) is 0 Å². The Bertz CT molecular complexity index is 442. The Balaban J connectivity index is 2.52. The zero-order valence-electron chi connectivity index (χ0n) is 13.3. The summed E-state index contributed by atoms with van der Waals surface area (Å²) in [5, 5.41) is 0. The molecule has 1 aromatic carbocycles. The van der Waals surface area contributed by atoms with Gasteiger partial charge in [0, 0.05) is 19.6 Å². The van der Waals surface area contributed by atoms with Gasteiger partial charge in [0.25, 0.3) is 5.97 Å². The van der Waals surface area contributed by atoms with E-state index in [1.54, 1.807) is 0 Å². The van der Waals surface area contributed by atoms with Gasteiger partial charge in [-0.2, -0.15) is 0 Å². The molecule has 0 unspecified atom stereocenters. The van der Waals surface area contributed by atoms with Crippen molar-refractivity contribution in [3.8, 4) is 0 Å². The number of aryl methyl sites for hydroxylation is 1. The van der Waals surface area contributed by atoms with Crippen LogP contribution in [0.4, 0.5) is 13.2 Å². The molecule has 0 heterocycles. The molecule has 0 bridgehead atoms. The third-order valence-corrected chi connectivity index (χ3v) is 3.90. The van der Waals surface area contributed by atoms with Crippen molar-refractivity contribution in [2.45, 2.75) is 45.5 Å². The zero-order valence-corrected chi connectivity index (χ0v) is 15.3. The maximum Gasteiger partial charge on any atom is 0.272 e. The summed E-state index contributed by atoms with van der Waals surface area (Å²) in [6, 6.07) is 2.06. The molecule has 0 saturated heterocycles. The van der Waals surface area contributed by atoms with Crippen molar-refractivity contribution in [1.29, 1.82) is 0 Å². The van der Waals surface area contributed by atoms with Crippen molar-refractivity contribution in [1.82, 2.24) is 0 Å².